The molecule has 21 heavy (non-hydrogen) atoms. The monoisotopic (exact) mass is 296 g/mol. The maximum absolute atomic E-state index is 13.6. The first-order chi connectivity index (χ1) is 9.99. The highest BCUT2D eigenvalue weighted by Gasteiger charge is 2.27. The third-order valence-electron chi connectivity index (χ3n) is 3.84. The van der Waals surface area contributed by atoms with Gasteiger partial charge < -0.3 is 15.2 Å². The summed E-state index contributed by atoms with van der Waals surface area (Å²) in [4.78, 5) is 2.21. The van der Waals surface area contributed by atoms with Gasteiger partial charge in [0.15, 0.2) is 0 Å². The van der Waals surface area contributed by atoms with Gasteiger partial charge in [-0.3, -0.25) is 4.90 Å². The zero-order valence-corrected chi connectivity index (χ0v) is 13.0. The molecule has 2 N–H and O–H groups in total. The van der Waals surface area contributed by atoms with Crippen LogP contribution in [0.3, 0.4) is 0 Å². The first kappa shape index (κ1) is 16.2. The first-order valence-corrected chi connectivity index (χ1v) is 7.58. The summed E-state index contributed by atoms with van der Waals surface area (Å²) in [6.45, 7) is 9.39. The van der Waals surface area contributed by atoms with Crippen molar-refractivity contribution in [2.45, 2.75) is 39.0 Å². The maximum Gasteiger partial charge on any atom is 0.125 e. The molecule has 1 aliphatic rings. The van der Waals surface area contributed by atoms with Gasteiger partial charge in [0, 0.05) is 37.8 Å². The summed E-state index contributed by atoms with van der Waals surface area (Å²) in [7, 11) is 0. The summed E-state index contributed by atoms with van der Waals surface area (Å²) in [6, 6.07) is 4.26. The molecule has 0 bridgehead atoms. The van der Waals surface area contributed by atoms with E-state index in [2.05, 4.69) is 10.2 Å². The van der Waals surface area contributed by atoms with Crippen molar-refractivity contribution in [2.75, 3.05) is 26.2 Å². The Morgan fingerprint density at radius 3 is 2.52 bits per heavy atom. The van der Waals surface area contributed by atoms with Crippen LogP contribution in [0.25, 0.3) is 0 Å². The van der Waals surface area contributed by atoms with E-state index in [0.717, 1.165) is 26.2 Å². The lowest BCUT2D eigenvalue weighted by molar-refractivity contribution is 0.0481. The van der Waals surface area contributed by atoms with Crippen LogP contribution < -0.4 is 10.1 Å². The molecule has 0 aromatic heterocycles. The average molecular weight is 296 g/mol. The van der Waals surface area contributed by atoms with Crippen molar-refractivity contribution in [3.63, 3.8) is 0 Å². The fourth-order valence-corrected chi connectivity index (χ4v) is 2.66. The summed E-state index contributed by atoms with van der Waals surface area (Å²) in [5, 5.41) is 13.9. The number of ether oxygens (including phenoxy) is 1. The van der Waals surface area contributed by atoms with E-state index in [9.17, 15) is 9.50 Å². The number of aliphatic hydroxyl groups excluding tert-OH is 1. The number of hydrogen-bond acceptors (Lipinski definition) is 4. The van der Waals surface area contributed by atoms with E-state index >= 15 is 0 Å². The second kappa shape index (κ2) is 7.20. The van der Waals surface area contributed by atoms with Gasteiger partial charge in [0.1, 0.15) is 11.6 Å². The van der Waals surface area contributed by atoms with Crippen LogP contribution in [0.4, 0.5) is 4.39 Å². The lowest BCUT2D eigenvalue weighted by Gasteiger charge is -2.35. The summed E-state index contributed by atoms with van der Waals surface area (Å²) < 4.78 is 19.3. The van der Waals surface area contributed by atoms with Crippen LogP contribution >= 0.6 is 0 Å². The van der Waals surface area contributed by atoms with Gasteiger partial charge in [0.2, 0.25) is 0 Å². The fourth-order valence-electron chi connectivity index (χ4n) is 2.66. The normalized spacial score (nSPS) is 19.5. The molecule has 0 aliphatic carbocycles. The van der Waals surface area contributed by atoms with Gasteiger partial charge in [-0.1, -0.05) is 0 Å². The Balaban J connectivity index is 2.19. The Morgan fingerprint density at radius 2 is 1.90 bits per heavy atom. The van der Waals surface area contributed by atoms with Crippen molar-refractivity contribution < 1.29 is 14.2 Å². The Kier molecular flexibility index (Phi) is 5.56. The van der Waals surface area contributed by atoms with Gasteiger partial charge in [-0.2, -0.15) is 0 Å². The van der Waals surface area contributed by atoms with Crippen molar-refractivity contribution in [1.82, 2.24) is 10.2 Å². The molecule has 1 saturated heterocycles. The molecule has 0 saturated carbocycles. The van der Waals surface area contributed by atoms with Crippen LogP contribution in [0.1, 0.15) is 32.4 Å². The molecule has 0 amide bonds. The van der Waals surface area contributed by atoms with E-state index in [1.807, 2.05) is 20.8 Å². The number of aliphatic hydroxyl groups is 1. The minimum Gasteiger partial charge on any atom is -0.491 e. The largest absolute Gasteiger partial charge is 0.491 e. The van der Waals surface area contributed by atoms with Gasteiger partial charge in [-0.15, -0.1) is 0 Å². The standard InChI is InChI=1S/C16H25FN2O2/c1-11(2)21-15-5-4-13(17)10-14(15)16(20)12(3)19-8-6-18-7-9-19/h4-5,10-12,16,18,20H,6-9H2,1-3H3. The van der Waals surface area contributed by atoms with E-state index in [0.29, 0.717) is 11.3 Å². The van der Waals surface area contributed by atoms with Crippen LogP contribution in [0.2, 0.25) is 0 Å². The second-order valence-electron chi connectivity index (χ2n) is 5.82. The Hall–Kier alpha value is -1.17. The molecule has 2 rings (SSSR count). The highest BCUT2D eigenvalue weighted by molar-refractivity contribution is 5.36. The average Bonchev–Trinajstić information content (AvgIpc) is 2.48. The molecule has 1 aromatic carbocycles. The number of hydrogen-bond donors (Lipinski definition) is 2. The molecule has 0 spiro atoms. The topological polar surface area (TPSA) is 44.7 Å². The highest BCUT2D eigenvalue weighted by atomic mass is 19.1. The minimum absolute atomic E-state index is 0.0177. The molecule has 5 heteroatoms. The van der Waals surface area contributed by atoms with E-state index in [4.69, 9.17) is 4.74 Å². The number of piperazine rings is 1. The number of halogens is 1. The van der Waals surface area contributed by atoms with E-state index < -0.39 is 6.10 Å². The molecule has 2 unspecified atom stereocenters. The van der Waals surface area contributed by atoms with Crippen molar-refractivity contribution in [2.24, 2.45) is 0 Å². The number of rotatable bonds is 5. The van der Waals surface area contributed by atoms with Crippen LogP contribution in [-0.4, -0.2) is 48.3 Å². The molecule has 2 atom stereocenters. The Morgan fingerprint density at radius 1 is 1.24 bits per heavy atom. The lowest BCUT2D eigenvalue weighted by Crippen LogP contribution is -2.49. The third-order valence-corrected chi connectivity index (χ3v) is 3.84. The fraction of sp³-hybridized carbons (Fsp3) is 0.625. The van der Waals surface area contributed by atoms with Gasteiger partial charge in [0.25, 0.3) is 0 Å². The van der Waals surface area contributed by atoms with Gasteiger partial charge >= 0.3 is 0 Å². The third kappa shape index (κ3) is 4.15. The molecule has 1 aromatic rings. The first-order valence-electron chi connectivity index (χ1n) is 7.58. The minimum atomic E-state index is -0.771. The summed E-state index contributed by atoms with van der Waals surface area (Å²) in [5.41, 5.74) is 0.523. The predicted octanol–water partition coefficient (Wildman–Crippen LogP) is 1.94. The lowest BCUT2D eigenvalue weighted by atomic mass is 10.0. The van der Waals surface area contributed by atoms with Gasteiger partial charge in [-0.25, -0.2) is 4.39 Å². The van der Waals surface area contributed by atoms with Gasteiger partial charge in [0.05, 0.1) is 12.2 Å². The van der Waals surface area contributed by atoms with E-state index in [-0.39, 0.29) is 18.0 Å². The van der Waals surface area contributed by atoms with Crippen molar-refractivity contribution >= 4 is 0 Å². The zero-order valence-electron chi connectivity index (χ0n) is 13.0. The van der Waals surface area contributed by atoms with E-state index in [1.54, 1.807) is 6.07 Å². The van der Waals surface area contributed by atoms with Crippen LogP contribution in [0.5, 0.6) is 5.75 Å². The SMILES string of the molecule is CC(C)Oc1ccc(F)cc1C(O)C(C)N1CCNCC1. The molecule has 1 fully saturated rings. The maximum atomic E-state index is 13.6. The number of nitrogens with zero attached hydrogens (tertiary/aromatic N) is 1. The van der Waals surface area contributed by atoms with Crippen LogP contribution in [0.15, 0.2) is 18.2 Å². The molecule has 118 valence electrons. The summed E-state index contributed by atoms with van der Waals surface area (Å²) in [6.07, 6.45) is -0.788. The van der Waals surface area contributed by atoms with Crippen molar-refractivity contribution in [1.29, 1.82) is 0 Å². The van der Waals surface area contributed by atoms with Crippen LogP contribution in [0, 0.1) is 5.82 Å². The smallest absolute Gasteiger partial charge is 0.125 e. The molecule has 0 radical (unpaired) electrons. The second-order valence-corrected chi connectivity index (χ2v) is 5.82. The zero-order chi connectivity index (χ0) is 15.4. The van der Waals surface area contributed by atoms with Crippen LogP contribution in [-0.2, 0) is 0 Å². The number of benzene rings is 1. The summed E-state index contributed by atoms with van der Waals surface area (Å²) in [5.74, 6) is 0.202. The highest BCUT2D eigenvalue weighted by Crippen LogP contribution is 2.31. The quantitative estimate of drug-likeness (QED) is 0.871. The molecular formula is C16H25FN2O2. The van der Waals surface area contributed by atoms with Crippen molar-refractivity contribution in [3.05, 3.63) is 29.6 Å². The number of nitrogens with one attached hydrogen (secondary N) is 1. The van der Waals surface area contributed by atoms with Crippen molar-refractivity contribution in [3.8, 4) is 5.75 Å². The summed E-state index contributed by atoms with van der Waals surface area (Å²) >= 11 is 0. The predicted molar refractivity (Wildman–Crippen MR) is 81.0 cm³/mol. The molecule has 1 aliphatic heterocycles. The molecule has 1 heterocycles. The molecular weight excluding hydrogens is 271 g/mol. The van der Waals surface area contributed by atoms with Gasteiger partial charge in [-0.05, 0) is 39.0 Å². The Bertz CT molecular complexity index is 462. The van der Waals surface area contributed by atoms with E-state index in [1.165, 1.54) is 12.1 Å². The Labute approximate surface area is 125 Å². The molecule has 4 nitrogen and oxygen atoms in total.